The molecule has 0 unspecified atom stereocenters. The van der Waals surface area contributed by atoms with Crippen LogP contribution < -0.4 is 4.74 Å². The maximum atomic E-state index is 6.64. The Kier molecular flexibility index (Phi) is 8.09. The van der Waals surface area contributed by atoms with Gasteiger partial charge in [-0.05, 0) is 69.8 Å². The minimum Gasteiger partial charge on any atom is -0.457 e. The third kappa shape index (κ3) is 5.46. The Labute approximate surface area is 370 Å². The maximum Gasteiger partial charge on any atom is 0.160 e. The molecule has 9 aromatic carbocycles. The topological polar surface area (TPSA) is 47.9 Å². The van der Waals surface area contributed by atoms with Crippen LogP contribution in [0.4, 0.5) is 0 Å². The fraction of sp³-hybridized carbons (Fsp3) is 0.0167. The Hall–Kier alpha value is -8.47. The molecule has 1 aliphatic carbocycles. The summed E-state index contributed by atoms with van der Waals surface area (Å²) in [5, 5.41) is 3.47. The Morgan fingerprint density at radius 2 is 0.891 bits per heavy atom. The number of aromatic nitrogens is 3. The molecular formula is C60H37N3O. The number of ether oxygens (including phenoxy) is 1. The summed E-state index contributed by atoms with van der Waals surface area (Å²) in [5.74, 6) is 2.47. The maximum absolute atomic E-state index is 6.64. The van der Waals surface area contributed by atoms with Gasteiger partial charge in [0.25, 0.3) is 0 Å². The SMILES string of the molecule is c1ccc(-c2cc(-c3cccc(-c4cccc(-c5nc6ccccc6c6c7c(ccc56)C5(c6ccccc6Oc6ccccc65)c5ccccc5-7)c4)c3)nc(-c3ccccc3)n2)cc1. The summed E-state index contributed by atoms with van der Waals surface area (Å²) >= 11 is 0. The van der Waals surface area contributed by atoms with Gasteiger partial charge in [-0.25, -0.2) is 15.0 Å². The van der Waals surface area contributed by atoms with Crippen LogP contribution in [0, 0.1) is 0 Å². The van der Waals surface area contributed by atoms with Crippen molar-refractivity contribution in [3.8, 4) is 78.9 Å². The Morgan fingerprint density at radius 1 is 0.344 bits per heavy atom. The highest BCUT2D eigenvalue weighted by molar-refractivity contribution is 6.19. The molecule has 2 aromatic heterocycles. The zero-order valence-corrected chi connectivity index (χ0v) is 34.6. The molecule has 4 heteroatoms. The number of fused-ring (bicyclic) bond motifs is 13. The molecule has 0 atom stereocenters. The molecule has 1 aliphatic heterocycles. The zero-order chi connectivity index (χ0) is 42.2. The molecule has 0 radical (unpaired) electrons. The minimum absolute atomic E-state index is 0.561. The third-order valence-electron chi connectivity index (χ3n) is 13.1. The van der Waals surface area contributed by atoms with Crippen molar-refractivity contribution in [1.82, 2.24) is 15.0 Å². The lowest BCUT2D eigenvalue weighted by atomic mass is 9.66. The summed E-state index contributed by atoms with van der Waals surface area (Å²) in [6.07, 6.45) is 0. The van der Waals surface area contributed by atoms with E-state index in [1.54, 1.807) is 0 Å². The van der Waals surface area contributed by atoms with Crippen molar-refractivity contribution < 1.29 is 4.74 Å². The normalized spacial score (nSPS) is 12.9. The Bertz CT molecular complexity index is 3550. The lowest BCUT2D eigenvalue weighted by molar-refractivity contribution is 0.436. The van der Waals surface area contributed by atoms with Gasteiger partial charge in [0.05, 0.1) is 28.0 Å². The van der Waals surface area contributed by atoms with Crippen LogP contribution in [0.15, 0.2) is 224 Å². The number of para-hydroxylation sites is 3. The van der Waals surface area contributed by atoms with E-state index in [9.17, 15) is 0 Å². The molecule has 3 heterocycles. The fourth-order valence-electron chi connectivity index (χ4n) is 10.4. The van der Waals surface area contributed by atoms with E-state index in [1.165, 1.54) is 27.6 Å². The molecule has 0 amide bonds. The average Bonchev–Trinajstić information content (AvgIpc) is 3.67. The zero-order valence-electron chi connectivity index (χ0n) is 34.6. The first-order chi connectivity index (χ1) is 31.7. The highest BCUT2D eigenvalue weighted by atomic mass is 16.5. The van der Waals surface area contributed by atoms with E-state index in [0.29, 0.717) is 5.82 Å². The standard InChI is InChI=1S/C60H37N3O/c1-3-17-38(18-4-1)52-37-53(63-59(62-52)39-19-5-2-6-20-39)42-23-15-21-40(35-42)41-22-16-24-43(36-41)58-46-33-34-50-57(56(46)45-26-8-12-30-51(45)61-58)44-25-7-9-27-47(44)60(50)48-28-10-13-31-54(48)64-55-32-14-11-29-49(55)60/h1-37H. The van der Waals surface area contributed by atoms with Crippen molar-refractivity contribution in [3.63, 3.8) is 0 Å². The molecule has 0 bridgehead atoms. The molecule has 298 valence electrons. The van der Waals surface area contributed by atoms with E-state index >= 15 is 0 Å². The smallest absolute Gasteiger partial charge is 0.160 e. The van der Waals surface area contributed by atoms with Crippen molar-refractivity contribution in [3.05, 3.63) is 247 Å². The summed E-state index contributed by atoms with van der Waals surface area (Å²) < 4.78 is 6.64. The second kappa shape index (κ2) is 14.3. The molecule has 0 saturated heterocycles. The predicted octanol–water partition coefficient (Wildman–Crippen LogP) is 15.0. The second-order valence-electron chi connectivity index (χ2n) is 16.6. The molecule has 64 heavy (non-hydrogen) atoms. The van der Waals surface area contributed by atoms with Gasteiger partial charge >= 0.3 is 0 Å². The summed E-state index contributed by atoms with van der Waals surface area (Å²) in [4.78, 5) is 15.6. The molecular weight excluding hydrogens is 779 g/mol. The summed E-state index contributed by atoms with van der Waals surface area (Å²) in [6, 6.07) is 79.5. The molecule has 1 spiro atoms. The lowest BCUT2D eigenvalue weighted by Crippen LogP contribution is -2.32. The van der Waals surface area contributed by atoms with Gasteiger partial charge in [0.2, 0.25) is 0 Å². The van der Waals surface area contributed by atoms with Gasteiger partial charge in [-0.2, -0.15) is 0 Å². The van der Waals surface area contributed by atoms with Crippen LogP contribution in [-0.2, 0) is 5.41 Å². The van der Waals surface area contributed by atoms with Crippen molar-refractivity contribution in [1.29, 1.82) is 0 Å². The van der Waals surface area contributed by atoms with Gasteiger partial charge in [0.1, 0.15) is 11.5 Å². The number of benzene rings is 9. The number of hydrogen-bond acceptors (Lipinski definition) is 4. The van der Waals surface area contributed by atoms with Crippen molar-refractivity contribution in [2.75, 3.05) is 0 Å². The molecule has 13 rings (SSSR count). The van der Waals surface area contributed by atoms with E-state index in [4.69, 9.17) is 19.7 Å². The minimum atomic E-state index is -0.561. The summed E-state index contributed by atoms with van der Waals surface area (Å²) in [7, 11) is 0. The summed E-state index contributed by atoms with van der Waals surface area (Å²) in [5.41, 5.74) is 16.7. The largest absolute Gasteiger partial charge is 0.457 e. The average molecular weight is 816 g/mol. The predicted molar refractivity (Wildman–Crippen MR) is 259 cm³/mol. The molecule has 0 fully saturated rings. The Balaban J connectivity index is 0.994. The first-order valence-electron chi connectivity index (χ1n) is 21.8. The third-order valence-corrected chi connectivity index (χ3v) is 13.1. The summed E-state index contributed by atoms with van der Waals surface area (Å²) in [6.45, 7) is 0. The number of hydrogen-bond donors (Lipinski definition) is 0. The van der Waals surface area contributed by atoms with E-state index < -0.39 is 5.41 Å². The number of pyridine rings is 1. The van der Waals surface area contributed by atoms with E-state index in [0.717, 1.165) is 89.4 Å². The van der Waals surface area contributed by atoms with E-state index in [-0.39, 0.29) is 0 Å². The molecule has 2 aliphatic rings. The van der Waals surface area contributed by atoms with E-state index in [1.807, 2.05) is 36.4 Å². The van der Waals surface area contributed by atoms with Crippen molar-refractivity contribution in [2.24, 2.45) is 0 Å². The van der Waals surface area contributed by atoms with Gasteiger partial charge in [0, 0.05) is 49.5 Å². The molecule has 11 aromatic rings. The van der Waals surface area contributed by atoms with Crippen molar-refractivity contribution in [2.45, 2.75) is 5.41 Å². The monoisotopic (exact) mass is 815 g/mol. The first-order valence-corrected chi connectivity index (χ1v) is 21.8. The van der Waals surface area contributed by atoms with Gasteiger partial charge in [0.15, 0.2) is 5.82 Å². The van der Waals surface area contributed by atoms with Crippen LogP contribution in [0.1, 0.15) is 22.3 Å². The second-order valence-corrected chi connectivity index (χ2v) is 16.6. The van der Waals surface area contributed by atoms with Crippen molar-refractivity contribution >= 4 is 21.7 Å². The van der Waals surface area contributed by atoms with Gasteiger partial charge in [-0.1, -0.05) is 188 Å². The van der Waals surface area contributed by atoms with Gasteiger partial charge < -0.3 is 4.74 Å². The van der Waals surface area contributed by atoms with Crippen LogP contribution in [0.3, 0.4) is 0 Å². The van der Waals surface area contributed by atoms with Crippen LogP contribution in [0.25, 0.3) is 89.1 Å². The molecule has 4 nitrogen and oxygen atoms in total. The fourth-order valence-corrected chi connectivity index (χ4v) is 10.4. The van der Waals surface area contributed by atoms with Crippen LogP contribution in [-0.4, -0.2) is 15.0 Å². The number of nitrogens with zero attached hydrogens (tertiary/aromatic N) is 3. The highest BCUT2D eigenvalue weighted by Gasteiger charge is 2.51. The Morgan fingerprint density at radius 3 is 1.62 bits per heavy atom. The highest BCUT2D eigenvalue weighted by Crippen LogP contribution is 2.63. The quantitative estimate of drug-likeness (QED) is 0.162. The van der Waals surface area contributed by atoms with Crippen LogP contribution in [0.2, 0.25) is 0 Å². The van der Waals surface area contributed by atoms with Gasteiger partial charge in [-0.3, -0.25) is 0 Å². The first kappa shape index (κ1) is 36.2. The van der Waals surface area contributed by atoms with E-state index in [2.05, 4.69) is 188 Å². The van der Waals surface area contributed by atoms with Crippen LogP contribution in [0.5, 0.6) is 11.5 Å². The lowest BCUT2D eigenvalue weighted by Gasteiger charge is -2.39. The molecule has 0 N–H and O–H groups in total. The van der Waals surface area contributed by atoms with Gasteiger partial charge in [-0.15, -0.1) is 0 Å². The number of rotatable bonds is 5. The molecule has 0 saturated carbocycles. The van der Waals surface area contributed by atoms with Crippen LogP contribution >= 0.6 is 0 Å².